The van der Waals surface area contributed by atoms with Crippen molar-refractivity contribution in [3.05, 3.63) is 23.4 Å². The lowest BCUT2D eigenvalue weighted by molar-refractivity contribution is -0.0894. The fraction of sp³-hybridized carbons (Fsp3) is 0.429. The van der Waals surface area contributed by atoms with Gasteiger partial charge in [-0.2, -0.15) is 13.2 Å². The second kappa shape index (κ2) is 2.60. The molecule has 0 saturated heterocycles. The molecule has 0 aromatic heterocycles. The summed E-state index contributed by atoms with van der Waals surface area (Å²) in [7, 11) is 0. The summed E-state index contributed by atoms with van der Waals surface area (Å²) in [5.74, 6) is 0. The van der Waals surface area contributed by atoms with E-state index in [-0.39, 0.29) is 5.70 Å². The van der Waals surface area contributed by atoms with Gasteiger partial charge in [0.25, 0.3) is 0 Å². The van der Waals surface area contributed by atoms with E-state index >= 15 is 0 Å². The molecule has 1 aliphatic rings. The van der Waals surface area contributed by atoms with Crippen LogP contribution >= 0.6 is 0 Å². The van der Waals surface area contributed by atoms with E-state index in [4.69, 9.17) is 0 Å². The highest BCUT2D eigenvalue weighted by Gasteiger charge is 2.34. The number of nitrogens with one attached hydrogen (secondary N) is 1. The standard InChI is InChI=1S/C7H8F3N/c1-5-6(7(8,9)10)3-2-4-11-5/h2-3,11H,4H2,1H3. The number of dihydropyridines is 1. The van der Waals surface area contributed by atoms with Crippen molar-refractivity contribution in [2.24, 2.45) is 0 Å². The highest BCUT2D eigenvalue weighted by molar-refractivity contribution is 5.31. The summed E-state index contributed by atoms with van der Waals surface area (Å²) in [5.41, 5.74) is -0.385. The van der Waals surface area contributed by atoms with E-state index in [0.29, 0.717) is 6.54 Å². The van der Waals surface area contributed by atoms with Gasteiger partial charge in [-0.1, -0.05) is 12.2 Å². The molecule has 1 nitrogen and oxygen atoms in total. The van der Waals surface area contributed by atoms with E-state index < -0.39 is 11.7 Å². The first-order chi connectivity index (χ1) is 5.02. The highest BCUT2D eigenvalue weighted by Crippen LogP contribution is 2.29. The largest absolute Gasteiger partial charge is 0.418 e. The quantitative estimate of drug-likeness (QED) is 0.575. The minimum Gasteiger partial charge on any atom is -0.385 e. The minimum atomic E-state index is -4.23. The fourth-order valence-electron chi connectivity index (χ4n) is 0.916. The molecule has 0 unspecified atom stereocenters. The molecule has 62 valence electrons. The van der Waals surface area contributed by atoms with Crippen molar-refractivity contribution in [1.29, 1.82) is 0 Å². The van der Waals surface area contributed by atoms with Gasteiger partial charge >= 0.3 is 6.18 Å². The number of hydrogen-bond donors (Lipinski definition) is 1. The van der Waals surface area contributed by atoms with E-state index in [9.17, 15) is 13.2 Å². The summed E-state index contributed by atoms with van der Waals surface area (Å²) in [6.07, 6.45) is -1.67. The van der Waals surface area contributed by atoms with Gasteiger partial charge in [-0.3, -0.25) is 0 Å². The van der Waals surface area contributed by atoms with Crippen molar-refractivity contribution < 1.29 is 13.2 Å². The lowest BCUT2D eigenvalue weighted by Gasteiger charge is -2.16. The Morgan fingerprint density at radius 1 is 1.45 bits per heavy atom. The van der Waals surface area contributed by atoms with E-state index in [1.807, 2.05) is 0 Å². The average molecular weight is 163 g/mol. The molecule has 0 amide bonds. The molecule has 1 N–H and O–H groups in total. The Kier molecular flexibility index (Phi) is 1.93. The van der Waals surface area contributed by atoms with Crippen LogP contribution in [0.15, 0.2) is 23.4 Å². The Hall–Kier alpha value is -0.930. The summed E-state index contributed by atoms with van der Waals surface area (Å²) < 4.78 is 36.1. The Bertz CT molecular complexity index is 212. The maximum atomic E-state index is 12.0. The molecule has 0 atom stereocenters. The number of alkyl halides is 3. The van der Waals surface area contributed by atoms with Gasteiger partial charge in [-0.05, 0) is 6.92 Å². The first-order valence-corrected chi connectivity index (χ1v) is 3.20. The van der Waals surface area contributed by atoms with Gasteiger partial charge in [0.05, 0.1) is 5.57 Å². The van der Waals surface area contributed by atoms with Crippen LogP contribution in [0.5, 0.6) is 0 Å². The lowest BCUT2D eigenvalue weighted by Crippen LogP contribution is -2.23. The Balaban J connectivity index is 2.93. The predicted octanol–water partition coefficient (Wildman–Crippen LogP) is 1.98. The van der Waals surface area contributed by atoms with Gasteiger partial charge in [0.1, 0.15) is 0 Å². The normalized spacial score (nSPS) is 18.5. The molecular weight excluding hydrogens is 155 g/mol. The lowest BCUT2D eigenvalue weighted by atomic mass is 10.1. The number of halogens is 3. The summed E-state index contributed by atoms with van der Waals surface area (Å²) in [5, 5.41) is 2.61. The summed E-state index contributed by atoms with van der Waals surface area (Å²) in [6.45, 7) is 1.90. The Morgan fingerprint density at radius 3 is 2.45 bits per heavy atom. The third-order valence-corrected chi connectivity index (χ3v) is 1.48. The molecule has 4 heteroatoms. The van der Waals surface area contributed by atoms with E-state index in [2.05, 4.69) is 5.32 Å². The molecule has 1 aliphatic heterocycles. The van der Waals surface area contributed by atoms with Gasteiger partial charge < -0.3 is 5.32 Å². The SMILES string of the molecule is CC1=C(C(F)(F)F)C=CCN1. The first-order valence-electron chi connectivity index (χ1n) is 3.20. The molecule has 0 fully saturated rings. The zero-order valence-electron chi connectivity index (χ0n) is 6.00. The molecule has 0 aromatic rings. The molecule has 0 aromatic carbocycles. The molecule has 0 aliphatic carbocycles. The van der Waals surface area contributed by atoms with Crippen LogP contribution in [0.2, 0.25) is 0 Å². The van der Waals surface area contributed by atoms with Gasteiger partial charge in [-0.15, -0.1) is 0 Å². The molecule has 0 bridgehead atoms. The Labute approximate surface area is 62.6 Å². The smallest absolute Gasteiger partial charge is 0.385 e. The van der Waals surface area contributed by atoms with E-state index in [1.165, 1.54) is 13.0 Å². The third kappa shape index (κ3) is 1.76. The van der Waals surface area contributed by atoms with Crippen LogP contribution in [0, 0.1) is 0 Å². The maximum Gasteiger partial charge on any atom is 0.418 e. The topological polar surface area (TPSA) is 12.0 Å². The van der Waals surface area contributed by atoms with Crippen molar-refractivity contribution >= 4 is 0 Å². The molecule has 1 heterocycles. The van der Waals surface area contributed by atoms with E-state index in [0.717, 1.165) is 6.08 Å². The molecule has 1 rings (SSSR count). The van der Waals surface area contributed by atoms with Crippen LogP contribution < -0.4 is 5.32 Å². The number of rotatable bonds is 0. The van der Waals surface area contributed by atoms with Gasteiger partial charge in [0, 0.05) is 12.2 Å². The molecule has 0 saturated carbocycles. The monoisotopic (exact) mass is 163 g/mol. The maximum absolute atomic E-state index is 12.0. The van der Waals surface area contributed by atoms with Crippen molar-refractivity contribution in [2.75, 3.05) is 6.54 Å². The van der Waals surface area contributed by atoms with Crippen LogP contribution in [0.4, 0.5) is 13.2 Å². The van der Waals surface area contributed by atoms with Gasteiger partial charge in [-0.25, -0.2) is 0 Å². The zero-order valence-corrected chi connectivity index (χ0v) is 6.00. The van der Waals surface area contributed by atoms with Gasteiger partial charge in [0.2, 0.25) is 0 Å². The molecule has 0 radical (unpaired) electrons. The molecule has 0 spiro atoms. The van der Waals surface area contributed by atoms with Crippen LogP contribution in [0.1, 0.15) is 6.92 Å². The first kappa shape index (κ1) is 8.17. The number of allylic oxidation sites excluding steroid dienone is 3. The second-order valence-corrected chi connectivity index (χ2v) is 2.32. The molecular formula is C7H8F3N. The minimum absolute atomic E-state index is 0.194. The average Bonchev–Trinajstić information content (AvgIpc) is 1.86. The zero-order chi connectivity index (χ0) is 8.48. The van der Waals surface area contributed by atoms with Crippen molar-refractivity contribution in [2.45, 2.75) is 13.1 Å². The van der Waals surface area contributed by atoms with Crippen molar-refractivity contribution in [1.82, 2.24) is 5.32 Å². The number of hydrogen-bond acceptors (Lipinski definition) is 1. The van der Waals surface area contributed by atoms with Crippen molar-refractivity contribution in [3.8, 4) is 0 Å². The third-order valence-electron chi connectivity index (χ3n) is 1.48. The second-order valence-electron chi connectivity index (χ2n) is 2.32. The predicted molar refractivity (Wildman–Crippen MR) is 35.9 cm³/mol. The summed E-state index contributed by atoms with van der Waals surface area (Å²) >= 11 is 0. The van der Waals surface area contributed by atoms with Crippen LogP contribution in [0.25, 0.3) is 0 Å². The van der Waals surface area contributed by atoms with Crippen LogP contribution in [0.3, 0.4) is 0 Å². The van der Waals surface area contributed by atoms with Crippen LogP contribution in [-0.2, 0) is 0 Å². The molecule has 11 heavy (non-hydrogen) atoms. The van der Waals surface area contributed by atoms with Gasteiger partial charge in [0.15, 0.2) is 0 Å². The van der Waals surface area contributed by atoms with Crippen molar-refractivity contribution in [3.63, 3.8) is 0 Å². The highest BCUT2D eigenvalue weighted by atomic mass is 19.4. The van der Waals surface area contributed by atoms with Crippen LogP contribution in [-0.4, -0.2) is 12.7 Å². The fourth-order valence-corrected chi connectivity index (χ4v) is 0.916. The summed E-state index contributed by atoms with van der Waals surface area (Å²) in [6, 6.07) is 0. The Morgan fingerprint density at radius 2 is 2.09 bits per heavy atom. The van der Waals surface area contributed by atoms with E-state index in [1.54, 1.807) is 0 Å². The summed E-state index contributed by atoms with van der Waals surface area (Å²) in [4.78, 5) is 0.